The highest BCUT2D eigenvalue weighted by molar-refractivity contribution is 5.93. The molecule has 0 unspecified atom stereocenters. The summed E-state index contributed by atoms with van der Waals surface area (Å²) in [5.74, 6) is 0.120. The second kappa shape index (κ2) is 15.4. The number of carbonyl (C=O) groups is 3. The summed E-state index contributed by atoms with van der Waals surface area (Å²) < 4.78 is 5.22. The number of ether oxygens (including phenoxy) is 1. The van der Waals surface area contributed by atoms with Gasteiger partial charge in [0, 0.05) is 57.8 Å². The number of nitrogens with zero attached hydrogens (tertiary/aromatic N) is 3. The number of piperidine rings is 1. The SMILES string of the molecule is CN(CCN1CCC(N(C(=O)O)c2ccccc2-c2ccccc2)CC1)C(=O)CCCCCNC(=O)OC(C)(C)C. The van der Waals surface area contributed by atoms with Gasteiger partial charge in [-0.05, 0) is 58.1 Å². The van der Waals surface area contributed by atoms with Crippen molar-refractivity contribution >= 4 is 23.8 Å². The van der Waals surface area contributed by atoms with Gasteiger partial charge in [-0.1, -0.05) is 55.0 Å². The van der Waals surface area contributed by atoms with Crippen LogP contribution in [0.3, 0.4) is 0 Å². The third-order valence-electron chi connectivity index (χ3n) is 7.29. The Bertz CT molecular complexity index is 1130. The number of hydrogen-bond donors (Lipinski definition) is 2. The number of amides is 3. The molecule has 9 nitrogen and oxygen atoms in total. The van der Waals surface area contributed by atoms with Crippen molar-refractivity contribution in [1.82, 2.24) is 15.1 Å². The van der Waals surface area contributed by atoms with E-state index in [1.54, 1.807) is 9.80 Å². The van der Waals surface area contributed by atoms with Crippen LogP contribution in [0, 0.1) is 0 Å². The number of likely N-dealkylation sites (tertiary alicyclic amines) is 1. The first-order valence-corrected chi connectivity index (χ1v) is 14.6. The molecule has 0 aromatic heterocycles. The van der Waals surface area contributed by atoms with E-state index < -0.39 is 17.8 Å². The molecule has 0 atom stereocenters. The molecule has 3 rings (SSSR count). The van der Waals surface area contributed by atoms with Crippen molar-refractivity contribution in [3.63, 3.8) is 0 Å². The number of unbranched alkanes of at least 4 members (excludes halogenated alkanes) is 2. The Labute approximate surface area is 244 Å². The van der Waals surface area contributed by atoms with Crippen LogP contribution in [0.2, 0.25) is 0 Å². The summed E-state index contributed by atoms with van der Waals surface area (Å²) in [6.45, 7) is 9.01. The smallest absolute Gasteiger partial charge is 0.412 e. The van der Waals surface area contributed by atoms with E-state index in [0.29, 0.717) is 19.5 Å². The van der Waals surface area contributed by atoms with E-state index in [-0.39, 0.29) is 11.9 Å². The van der Waals surface area contributed by atoms with Gasteiger partial charge in [0.25, 0.3) is 0 Å². The summed E-state index contributed by atoms with van der Waals surface area (Å²) in [5, 5.41) is 12.9. The third kappa shape index (κ3) is 10.4. The number of para-hydroxylation sites is 1. The van der Waals surface area contributed by atoms with Crippen molar-refractivity contribution < 1.29 is 24.2 Å². The molecule has 0 bridgehead atoms. The number of likely N-dealkylation sites (N-methyl/N-ethyl adjacent to an activating group) is 1. The topological polar surface area (TPSA) is 102 Å². The maximum absolute atomic E-state index is 12.6. The van der Waals surface area contributed by atoms with Gasteiger partial charge < -0.3 is 25.0 Å². The van der Waals surface area contributed by atoms with Crippen LogP contribution in [-0.2, 0) is 9.53 Å². The number of rotatable bonds is 12. The molecule has 2 aromatic carbocycles. The van der Waals surface area contributed by atoms with Crippen molar-refractivity contribution in [3.8, 4) is 11.1 Å². The van der Waals surface area contributed by atoms with Gasteiger partial charge in [0.15, 0.2) is 0 Å². The molecular weight excluding hydrogens is 520 g/mol. The first-order valence-electron chi connectivity index (χ1n) is 14.6. The van der Waals surface area contributed by atoms with Crippen LogP contribution < -0.4 is 10.2 Å². The predicted octanol–water partition coefficient (Wildman–Crippen LogP) is 5.85. The molecule has 1 heterocycles. The largest absolute Gasteiger partial charge is 0.465 e. The van der Waals surface area contributed by atoms with Gasteiger partial charge in [-0.3, -0.25) is 9.69 Å². The number of anilines is 1. The minimum absolute atomic E-state index is 0.0993. The molecule has 3 amide bonds. The molecule has 9 heteroatoms. The number of benzene rings is 2. The Balaban J connectivity index is 1.39. The lowest BCUT2D eigenvalue weighted by atomic mass is 9.98. The highest BCUT2D eigenvalue weighted by atomic mass is 16.6. The monoisotopic (exact) mass is 566 g/mol. The van der Waals surface area contributed by atoms with Crippen molar-refractivity contribution in [2.45, 2.75) is 70.9 Å². The predicted molar refractivity (Wildman–Crippen MR) is 162 cm³/mol. The lowest BCUT2D eigenvalue weighted by Crippen LogP contribution is -2.48. The van der Waals surface area contributed by atoms with Gasteiger partial charge in [0.05, 0.1) is 5.69 Å². The van der Waals surface area contributed by atoms with Crippen LogP contribution in [0.15, 0.2) is 54.6 Å². The maximum Gasteiger partial charge on any atom is 0.412 e. The van der Waals surface area contributed by atoms with Gasteiger partial charge >= 0.3 is 12.2 Å². The van der Waals surface area contributed by atoms with E-state index in [2.05, 4.69) is 10.2 Å². The molecule has 41 heavy (non-hydrogen) atoms. The molecule has 1 fully saturated rings. The van der Waals surface area contributed by atoms with E-state index in [1.807, 2.05) is 82.4 Å². The number of nitrogens with one attached hydrogen (secondary N) is 1. The summed E-state index contributed by atoms with van der Waals surface area (Å²) in [4.78, 5) is 42.3. The second-order valence-electron chi connectivity index (χ2n) is 11.7. The van der Waals surface area contributed by atoms with Crippen LogP contribution in [0.4, 0.5) is 15.3 Å². The minimum Gasteiger partial charge on any atom is -0.465 e. The zero-order valence-electron chi connectivity index (χ0n) is 25.0. The highest BCUT2D eigenvalue weighted by Crippen LogP contribution is 2.34. The zero-order chi connectivity index (χ0) is 29.8. The fourth-order valence-corrected chi connectivity index (χ4v) is 5.09. The molecule has 1 aliphatic rings. The van der Waals surface area contributed by atoms with E-state index in [4.69, 9.17) is 4.74 Å². The average Bonchev–Trinajstić information content (AvgIpc) is 2.94. The van der Waals surface area contributed by atoms with Crippen LogP contribution in [0.25, 0.3) is 11.1 Å². The van der Waals surface area contributed by atoms with Crippen LogP contribution >= 0.6 is 0 Å². The molecule has 0 saturated carbocycles. The lowest BCUT2D eigenvalue weighted by Gasteiger charge is -2.38. The fraction of sp³-hybridized carbons (Fsp3) is 0.531. The Morgan fingerprint density at radius 2 is 1.63 bits per heavy atom. The quantitative estimate of drug-likeness (QED) is 0.313. The normalized spacial score (nSPS) is 14.3. The number of carbonyl (C=O) groups excluding carboxylic acids is 2. The minimum atomic E-state index is -0.933. The van der Waals surface area contributed by atoms with E-state index in [0.717, 1.165) is 68.6 Å². The third-order valence-corrected chi connectivity index (χ3v) is 7.29. The lowest BCUT2D eigenvalue weighted by molar-refractivity contribution is -0.130. The Hall–Kier alpha value is -3.59. The molecule has 0 spiro atoms. The summed E-state index contributed by atoms with van der Waals surface area (Å²) in [7, 11) is 1.84. The zero-order valence-corrected chi connectivity index (χ0v) is 25.0. The van der Waals surface area contributed by atoms with Gasteiger partial charge in [0.1, 0.15) is 5.60 Å². The van der Waals surface area contributed by atoms with Crippen LogP contribution in [0.1, 0.15) is 59.3 Å². The van der Waals surface area contributed by atoms with Crippen molar-refractivity contribution in [2.24, 2.45) is 0 Å². The first kappa shape index (κ1) is 31.9. The van der Waals surface area contributed by atoms with E-state index in [1.165, 1.54) is 0 Å². The summed E-state index contributed by atoms with van der Waals surface area (Å²) in [6, 6.07) is 17.5. The maximum atomic E-state index is 12.6. The molecule has 224 valence electrons. The molecule has 2 N–H and O–H groups in total. The summed E-state index contributed by atoms with van der Waals surface area (Å²) >= 11 is 0. The molecule has 1 aliphatic heterocycles. The van der Waals surface area contributed by atoms with Crippen LogP contribution in [0.5, 0.6) is 0 Å². The van der Waals surface area contributed by atoms with E-state index in [9.17, 15) is 19.5 Å². The number of hydrogen-bond acceptors (Lipinski definition) is 5. The van der Waals surface area contributed by atoms with Crippen molar-refractivity contribution in [1.29, 1.82) is 0 Å². The number of alkyl carbamates (subject to hydrolysis) is 1. The van der Waals surface area contributed by atoms with Crippen molar-refractivity contribution in [2.75, 3.05) is 44.7 Å². The first-order chi connectivity index (χ1) is 19.5. The van der Waals surface area contributed by atoms with Gasteiger partial charge in [-0.15, -0.1) is 0 Å². The highest BCUT2D eigenvalue weighted by Gasteiger charge is 2.30. The van der Waals surface area contributed by atoms with Crippen molar-refractivity contribution in [3.05, 3.63) is 54.6 Å². The molecule has 2 aromatic rings. The Morgan fingerprint density at radius 1 is 0.976 bits per heavy atom. The molecule has 0 aliphatic carbocycles. The molecular formula is C32H46N4O5. The van der Waals surface area contributed by atoms with Crippen LogP contribution in [-0.4, -0.2) is 84.4 Å². The second-order valence-corrected chi connectivity index (χ2v) is 11.7. The van der Waals surface area contributed by atoms with Gasteiger partial charge in [0.2, 0.25) is 5.91 Å². The Morgan fingerprint density at radius 3 is 2.29 bits per heavy atom. The fourth-order valence-electron chi connectivity index (χ4n) is 5.09. The van der Waals surface area contributed by atoms with Gasteiger partial charge in [-0.25, -0.2) is 9.59 Å². The summed E-state index contributed by atoms with van der Waals surface area (Å²) in [5.41, 5.74) is 2.12. The average molecular weight is 567 g/mol. The Kier molecular flexibility index (Phi) is 12.0. The molecule has 0 radical (unpaired) electrons. The van der Waals surface area contributed by atoms with Gasteiger partial charge in [-0.2, -0.15) is 0 Å². The van der Waals surface area contributed by atoms with E-state index >= 15 is 0 Å². The summed E-state index contributed by atoms with van der Waals surface area (Å²) in [6.07, 6.45) is 3.06. The number of carboxylic acid groups (broad SMARTS) is 1. The molecule has 1 saturated heterocycles. The standard InChI is InChI=1S/C32H46N4O5/c1-32(2,3)41-30(38)33-20-12-6-9-17-29(37)34(4)23-24-35-21-18-26(19-22-35)36(31(39)40)28-16-11-10-15-27(28)25-13-7-5-8-14-25/h5,7-8,10-11,13-16,26H,6,9,12,17-24H2,1-4H3,(H,33,38)(H,39,40).